The maximum absolute atomic E-state index is 8.73. The summed E-state index contributed by atoms with van der Waals surface area (Å²) < 4.78 is 5.08. The number of ether oxygens (including phenoxy) is 1. The van der Waals surface area contributed by atoms with Gasteiger partial charge >= 0.3 is 0 Å². The lowest BCUT2D eigenvalue weighted by molar-refractivity contribution is 0.0286. The van der Waals surface area contributed by atoms with Gasteiger partial charge in [0, 0.05) is 25.2 Å². The predicted molar refractivity (Wildman–Crippen MR) is 34.0 cm³/mol. The van der Waals surface area contributed by atoms with Crippen LogP contribution in [0.1, 0.15) is 6.42 Å². The minimum Gasteiger partial charge on any atom is -0.396 e. The predicted octanol–water partition coefficient (Wildman–Crippen LogP) is -0.658. The maximum Gasteiger partial charge on any atom is 0.0621 e. The van der Waals surface area contributed by atoms with Crippen molar-refractivity contribution in [3.05, 3.63) is 0 Å². The Morgan fingerprint density at radius 2 is 2.44 bits per heavy atom. The standard InChI is InChI=1S/C6H13NO2/c7-6-4-9-2-1-5(6)3-8/h5-6,8H,1-4,7H2/t5-,6-/m0/s1. The first-order valence-corrected chi connectivity index (χ1v) is 3.28. The van der Waals surface area contributed by atoms with Gasteiger partial charge in [0.05, 0.1) is 6.61 Å². The molecule has 1 aliphatic heterocycles. The average Bonchev–Trinajstić information content (AvgIpc) is 1.89. The Labute approximate surface area is 54.8 Å². The Kier molecular flexibility index (Phi) is 2.45. The van der Waals surface area contributed by atoms with Gasteiger partial charge in [0.1, 0.15) is 0 Å². The minimum absolute atomic E-state index is 0.0451. The van der Waals surface area contributed by atoms with Crippen LogP contribution in [0, 0.1) is 5.92 Å². The summed E-state index contributed by atoms with van der Waals surface area (Å²) >= 11 is 0. The summed E-state index contributed by atoms with van der Waals surface area (Å²) in [6.45, 7) is 1.55. The third kappa shape index (κ3) is 1.64. The van der Waals surface area contributed by atoms with Gasteiger partial charge in [-0.1, -0.05) is 0 Å². The topological polar surface area (TPSA) is 55.5 Å². The molecule has 0 aromatic carbocycles. The van der Waals surface area contributed by atoms with Crippen LogP contribution in [0.25, 0.3) is 0 Å². The summed E-state index contributed by atoms with van der Waals surface area (Å²) in [5.74, 6) is 0.263. The van der Waals surface area contributed by atoms with Gasteiger partial charge in [0.15, 0.2) is 0 Å². The molecule has 1 fully saturated rings. The lowest BCUT2D eigenvalue weighted by Gasteiger charge is -2.26. The average molecular weight is 131 g/mol. The summed E-state index contributed by atoms with van der Waals surface area (Å²) in [6.07, 6.45) is 0.900. The molecule has 1 aliphatic rings. The van der Waals surface area contributed by atoms with Crippen LogP contribution in [0.4, 0.5) is 0 Å². The quantitative estimate of drug-likeness (QED) is 0.497. The summed E-state index contributed by atoms with van der Waals surface area (Å²) in [6, 6.07) is 0.0451. The maximum atomic E-state index is 8.73. The Bertz CT molecular complexity index is 87.1. The fourth-order valence-electron chi connectivity index (χ4n) is 1.03. The van der Waals surface area contributed by atoms with Crippen LogP contribution in [-0.4, -0.2) is 31.0 Å². The van der Waals surface area contributed by atoms with Gasteiger partial charge in [-0.2, -0.15) is 0 Å². The van der Waals surface area contributed by atoms with Gasteiger partial charge < -0.3 is 15.6 Å². The van der Waals surface area contributed by atoms with E-state index in [9.17, 15) is 0 Å². The monoisotopic (exact) mass is 131 g/mol. The lowest BCUT2D eigenvalue weighted by Crippen LogP contribution is -2.41. The van der Waals surface area contributed by atoms with E-state index in [1.165, 1.54) is 0 Å². The first-order valence-electron chi connectivity index (χ1n) is 3.28. The first kappa shape index (κ1) is 6.99. The summed E-state index contributed by atoms with van der Waals surface area (Å²) in [7, 11) is 0. The molecule has 0 unspecified atom stereocenters. The third-order valence-corrected chi connectivity index (χ3v) is 1.78. The van der Waals surface area contributed by atoms with Crippen molar-refractivity contribution in [1.29, 1.82) is 0 Å². The molecule has 54 valence electrons. The molecule has 1 rings (SSSR count). The van der Waals surface area contributed by atoms with Crippen molar-refractivity contribution in [3.63, 3.8) is 0 Å². The number of nitrogens with two attached hydrogens (primary N) is 1. The van der Waals surface area contributed by atoms with Crippen LogP contribution >= 0.6 is 0 Å². The van der Waals surface area contributed by atoms with Gasteiger partial charge in [-0.05, 0) is 6.42 Å². The van der Waals surface area contributed by atoms with Crippen molar-refractivity contribution < 1.29 is 9.84 Å². The van der Waals surface area contributed by atoms with E-state index < -0.39 is 0 Å². The zero-order valence-electron chi connectivity index (χ0n) is 5.42. The molecule has 0 spiro atoms. The molecule has 1 heterocycles. The molecule has 3 N–H and O–H groups in total. The van der Waals surface area contributed by atoms with Gasteiger partial charge in [0.25, 0.3) is 0 Å². The van der Waals surface area contributed by atoms with E-state index in [1.54, 1.807) is 0 Å². The molecule has 0 amide bonds. The highest BCUT2D eigenvalue weighted by atomic mass is 16.5. The van der Waals surface area contributed by atoms with Gasteiger partial charge in [-0.25, -0.2) is 0 Å². The molecule has 0 saturated carbocycles. The number of hydrogen-bond donors (Lipinski definition) is 2. The second-order valence-corrected chi connectivity index (χ2v) is 2.47. The Morgan fingerprint density at radius 3 is 2.89 bits per heavy atom. The third-order valence-electron chi connectivity index (χ3n) is 1.78. The molecule has 0 aromatic heterocycles. The fourth-order valence-corrected chi connectivity index (χ4v) is 1.03. The molecule has 0 radical (unpaired) electrons. The summed E-state index contributed by atoms with van der Waals surface area (Å²) in [5, 5.41) is 8.73. The molecule has 0 bridgehead atoms. The van der Waals surface area contributed by atoms with Crippen molar-refractivity contribution in [3.8, 4) is 0 Å². The Morgan fingerprint density at radius 1 is 1.67 bits per heavy atom. The Hall–Kier alpha value is -0.120. The zero-order chi connectivity index (χ0) is 6.69. The van der Waals surface area contributed by atoms with E-state index in [4.69, 9.17) is 15.6 Å². The lowest BCUT2D eigenvalue weighted by atomic mass is 9.97. The van der Waals surface area contributed by atoms with Crippen LogP contribution in [0.3, 0.4) is 0 Å². The first-order chi connectivity index (χ1) is 4.34. The van der Waals surface area contributed by atoms with Gasteiger partial charge in [-0.3, -0.25) is 0 Å². The molecule has 0 aliphatic carbocycles. The van der Waals surface area contributed by atoms with E-state index in [-0.39, 0.29) is 18.6 Å². The van der Waals surface area contributed by atoms with Gasteiger partial charge in [-0.15, -0.1) is 0 Å². The largest absolute Gasteiger partial charge is 0.396 e. The highest BCUT2D eigenvalue weighted by molar-refractivity contribution is 4.74. The van der Waals surface area contributed by atoms with Gasteiger partial charge in [0.2, 0.25) is 0 Å². The molecule has 9 heavy (non-hydrogen) atoms. The SMILES string of the molecule is N[C@H]1COCC[C@H]1CO. The summed E-state index contributed by atoms with van der Waals surface area (Å²) in [5.41, 5.74) is 5.60. The van der Waals surface area contributed by atoms with E-state index in [2.05, 4.69) is 0 Å². The highest BCUT2D eigenvalue weighted by Crippen LogP contribution is 2.11. The Balaban J connectivity index is 2.30. The molecule has 3 nitrogen and oxygen atoms in total. The number of aliphatic hydroxyl groups is 1. The zero-order valence-corrected chi connectivity index (χ0v) is 5.42. The molecule has 2 atom stereocenters. The van der Waals surface area contributed by atoms with Crippen LogP contribution < -0.4 is 5.73 Å². The molecule has 0 aromatic rings. The minimum atomic E-state index is 0.0451. The van der Waals surface area contributed by atoms with Crippen molar-refractivity contribution in [2.24, 2.45) is 11.7 Å². The van der Waals surface area contributed by atoms with E-state index in [0.717, 1.165) is 13.0 Å². The normalized spacial score (nSPS) is 36.7. The van der Waals surface area contributed by atoms with E-state index >= 15 is 0 Å². The number of hydrogen-bond acceptors (Lipinski definition) is 3. The second kappa shape index (κ2) is 3.15. The number of aliphatic hydroxyl groups excluding tert-OH is 1. The molecular weight excluding hydrogens is 118 g/mol. The second-order valence-electron chi connectivity index (χ2n) is 2.47. The fraction of sp³-hybridized carbons (Fsp3) is 1.00. The summed E-state index contributed by atoms with van der Waals surface area (Å²) in [4.78, 5) is 0. The van der Waals surface area contributed by atoms with Crippen LogP contribution in [-0.2, 0) is 4.74 Å². The van der Waals surface area contributed by atoms with E-state index in [0.29, 0.717) is 6.61 Å². The van der Waals surface area contributed by atoms with Crippen LogP contribution in [0.15, 0.2) is 0 Å². The molecular formula is C6H13NO2. The van der Waals surface area contributed by atoms with Crippen LogP contribution in [0.5, 0.6) is 0 Å². The van der Waals surface area contributed by atoms with Crippen molar-refractivity contribution in [1.82, 2.24) is 0 Å². The highest BCUT2D eigenvalue weighted by Gasteiger charge is 2.20. The van der Waals surface area contributed by atoms with Crippen LogP contribution in [0.2, 0.25) is 0 Å². The smallest absolute Gasteiger partial charge is 0.0621 e. The molecule has 3 heteroatoms. The van der Waals surface area contributed by atoms with Crippen molar-refractivity contribution >= 4 is 0 Å². The molecule has 1 saturated heterocycles. The number of rotatable bonds is 1. The van der Waals surface area contributed by atoms with Crippen molar-refractivity contribution in [2.45, 2.75) is 12.5 Å². The van der Waals surface area contributed by atoms with Crippen molar-refractivity contribution in [2.75, 3.05) is 19.8 Å². The van der Waals surface area contributed by atoms with E-state index in [1.807, 2.05) is 0 Å².